The van der Waals surface area contributed by atoms with Crippen LogP contribution in [0.2, 0.25) is 0 Å². The fourth-order valence-electron chi connectivity index (χ4n) is 3.31. The molecule has 0 saturated carbocycles. The van der Waals surface area contributed by atoms with Gasteiger partial charge in [0.05, 0.1) is 25.1 Å². The largest absolute Gasteiger partial charge is 0.387 e. The van der Waals surface area contributed by atoms with Crippen molar-refractivity contribution in [2.45, 2.75) is 37.0 Å². The maximum absolute atomic E-state index is 10.5. The summed E-state index contributed by atoms with van der Waals surface area (Å²) in [5.41, 5.74) is 1.10. The van der Waals surface area contributed by atoms with Crippen LogP contribution in [0.3, 0.4) is 0 Å². The van der Waals surface area contributed by atoms with Crippen molar-refractivity contribution in [3.05, 3.63) is 12.7 Å². The highest BCUT2D eigenvalue weighted by molar-refractivity contribution is 8.23. The van der Waals surface area contributed by atoms with Gasteiger partial charge in [-0.3, -0.25) is 4.57 Å². The molecule has 0 bridgehead atoms. The highest BCUT2D eigenvalue weighted by Gasteiger charge is 2.44. The minimum absolute atomic E-state index is 0.177. The van der Waals surface area contributed by atoms with E-state index in [1.165, 1.54) is 18.1 Å². The first-order chi connectivity index (χ1) is 13.6. The lowest BCUT2D eigenvalue weighted by molar-refractivity contribution is -0.0288. The Hall–Kier alpha value is -1.57. The van der Waals surface area contributed by atoms with Crippen molar-refractivity contribution in [1.29, 1.82) is 0 Å². The van der Waals surface area contributed by atoms with Crippen LogP contribution in [0.25, 0.3) is 11.2 Å². The first-order valence-electron chi connectivity index (χ1n) is 8.96. The quantitative estimate of drug-likeness (QED) is 0.478. The topological polar surface area (TPSA) is 127 Å². The zero-order chi connectivity index (χ0) is 19.7. The van der Waals surface area contributed by atoms with Crippen LogP contribution in [0.5, 0.6) is 0 Å². The van der Waals surface area contributed by atoms with Gasteiger partial charge in [-0.2, -0.15) is 0 Å². The maximum atomic E-state index is 10.5. The Balaban J connectivity index is 1.54. The number of hydrogen-bond acceptors (Lipinski definition) is 10. The highest BCUT2D eigenvalue weighted by Crippen LogP contribution is 2.33. The molecule has 4 heterocycles. The van der Waals surface area contributed by atoms with Gasteiger partial charge >= 0.3 is 0 Å². The Bertz CT molecular complexity index is 846. The number of aliphatic hydroxyl groups excluding tert-OH is 2. The van der Waals surface area contributed by atoms with Gasteiger partial charge in [0.1, 0.15) is 22.9 Å². The zero-order valence-corrected chi connectivity index (χ0v) is 16.8. The van der Waals surface area contributed by atoms with Gasteiger partial charge < -0.3 is 30.3 Å². The van der Waals surface area contributed by atoms with Crippen LogP contribution in [0, 0.1) is 0 Å². The van der Waals surface area contributed by atoms with Crippen LogP contribution >= 0.6 is 24.0 Å². The van der Waals surface area contributed by atoms with E-state index < -0.39 is 24.5 Å². The van der Waals surface area contributed by atoms with E-state index in [-0.39, 0.29) is 6.04 Å². The molecular weight excluding hydrogens is 404 g/mol. The van der Waals surface area contributed by atoms with Gasteiger partial charge in [0.2, 0.25) is 0 Å². The number of rotatable bonds is 5. The van der Waals surface area contributed by atoms with E-state index in [0.717, 1.165) is 13.0 Å². The summed E-state index contributed by atoms with van der Waals surface area (Å²) in [6, 6.07) is 0.177. The van der Waals surface area contributed by atoms with Gasteiger partial charge in [-0.05, 0) is 6.42 Å². The molecule has 12 heteroatoms. The molecule has 5 atom stereocenters. The summed E-state index contributed by atoms with van der Waals surface area (Å²) in [6.45, 7) is 1.34. The van der Waals surface area contributed by atoms with E-state index in [0.29, 0.717) is 33.7 Å². The summed E-state index contributed by atoms with van der Waals surface area (Å²) < 4.78 is 13.5. The Labute approximate surface area is 171 Å². The average Bonchev–Trinajstić information content (AvgIpc) is 3.42. The molecule has 4 rings (SSSR count). The lowest BCUT2D eigenvalue weighted by Crippen LogP contribution is -2.33. The highest BCUT2D eigenvalue weighted by atomic mass is 32.2. The number of fused-ring (bicyclic) bond motifs is 1. The molecule has 2 aromatic heterocycles. The number of aromatic nitrogens is 4. The maximum Gasteiger partial charge on any atom is 0.167 e. The second-order valence-electron chi connectivity index (χ2n) is 6.65. The number of nitrogens with one attached hydrogen (secondary N) is 2. The van der Waals surface area contributed by atoms with Crippen LogP contribution < -0.4 is 10.6 Å². The molecular formula is C16H22N6O4S2. The van der Waals surface area contributed by atoms with E-state index in [2.05, 4.69) is 25.6 Å². The number of thioether (sulfide) groups is 1. The van der Waals surface area contributed by atoms with Gasteiger partial charge in [-0.15, -0.1) is 0 Å². The molecule has 28 heavy (non-hydrogen) atoms. The SMILES string of the molecule is CNC(=S)SCC1OC(n2cnc3c(NC4CCOC4)ncnc32)C(O)C1O. The predicted octanol–water partition coefficient (Wildman–Crippen LogP) is -0.116. The molecule has 152 valence electrons. The molecule has 0 radical (unpaired) electrons. The number of nitrogens with zero attached hydrogens (tertiary/aromatic N) is 4. The van der Waals surface area contributed by atoms with Gasteiger partial charge in [0.25, 0.3) is 0 Å². The van der Waals surface area contributed by atoms with Crippen LogP contribution in [0.1, 0.15) is 12.6 Å². The Morgan fingerprint density at radius 1 is 1.36 bits per heavy atom. The second-order valence-corrected chi connectivity index (χ2v) is 8.34. The van der Waals surface area contributed by atoms with Crippen LogP contribution in [-0.4, -0.2) is 84.4 Å². The fourth-order valence-corrected chi connectivity index (χ4v) is 4.25. The second kappa shape index (κ2) is 8.43. The van der Waals surface area contributed by atoms with E-state index in [9.17, 15) is 10.2 Å². The number of aliphatic hydroxyl groups is 2. The van der Waals surface area contributed by atoms with Gasteiger partial charge in [-0.25, -0.2) is 15.0 Å². The number of ether oxygens (including phenoxy) is 2. The van der Waals surface area contributed by atoms with Crippen molar-refractivity contribution >= 4 is 45.3 Å². The molecule has 2 aliphatic rings. The van der Waals surface area contributed by atoms with E-state index in [1.807, 2.05) is 0 Å². The summed E-state index contributed by atoms with van der Waals surface area (Å²) in [5.74, 6) is 1.03. The molecule has 2 fully saturated rings. The van der Waals surface area contributed by atoms with E-state index in [4.69, 9.17) is 21.7 Å². The monoisotopic (exact) mass is 426 g/mol. The van der Waals surface area contributed by atoms with Crippen molar-refractivity contribution < 1.29 is 19.7 Å². The molecule has 5 unspecified atom stereocenters. The average molecular weight is 427 g/mol. The van der Waals surface area contributed by atoms with Crippen molar-refractivity contribution in [3.8, 4) is 0 Å². The lowest BCUT2D eigenvalue weighted by Gasteiger charge is -2.17. The van der Waals surface area contributed by atoms with Gasteiger partial charge in [0.15, 0.2) is 23.2 Å². The smallest absolute Gasteiger partial charge is 0.167 e. The molecule has 0 amide bonds. The molecule has 2 aliphatic heterocycles. The number of imidazole rings is 1. The Kier molecular flexibility index (Phi) is 5.94. The van der Waals surface area contributed by atoms with Crippen molar-refractivity contribution in [2.75, 3.05) is 31.3 Å². The standard InChI is InChI=1S/C16H22N6O4S2/c1-17-16(27)28-5-9-11(23)12(24)15(26-9)22-7-20-10-13(18-6-19-14(10)22)21-8-2-3-25-4-8/h6-9,11-12,15,23-24H,2-5H2,1H3,(H,17,27)(H,18,19,21). The number of anilines is 1. The molecule has 2 saturated heterocycles. The van der Waals surface area contributed by atoms with Crippen LogP contribution in [0.4, 0.5) is 5.82 Å². The van der Waals surface area contributed by atoms with Crippen molar-refractivity contribution in [3.63, 3.8) is 0 Å². The molecule has 2 aromatic rings. The Morgan fingerprint density at radius 2 is 2.21 bits per heavy atom. The summed E-state index contributed by atoms with van der Waals surface area (Å²) in [7, 11) is 1.74. The first-order valence-corrected chi connectivity index (χ1v) is 10.4. The van der Waals surface area contributed by atoms with Gasteiger partial charge in [0, 0.05) is 19.4 Å². The number of hydrogen-bond donors (Lipinski definition) is 4. The fraction of sp³-hybridized carbons (Fsp3) is 0.625. The van der Waals surface area contributed by atoms with Crippen molar-refractivity contribution in [1.82, 2.24) is 24.8 Å². The first kappa shape index (κ1) is 19.7. The lowest BCUT2D eigenvalue weighted by atomic mass is 10.1. The molecule has 10 nitrogen and oxygen atoms in total. The van der Waals surface area contributed by atoms with Crippen LogP contribution in [-0.2, 0) is 9.47 Å². The third-order valence-corrected chi connectivity index (χ3v) is 6.34. The predicted molar refractivity (Wildman–Crippen MR) is 108 cm³/mol. The molecule has 0 aromatic carbocycles. The summed E-state index contributed by atoms with van der Waals surface area (Å²) in [4.78, 5) is 13.0. The zero-order valence-electron chi connectivity index (χ0n) is 15.2. The number of thiocarbonyl (C=S) groups is 1. The van der Waals surface area contributed by atoms with Crippen molar-refractivity contribution in [2.24, 2.45) is 0 Å². The Morgan fingerprint density at radius 3 is 2.96 bits per heavy atom. The normalized spacial score (nSPS) is 30.0. The summed E-state index contributed by atoms with van der Waals surface area (Å²) >= 11 is 6.46. The van der Waals surface area contributed by atoms with Gasteiger partial charge in [-0.1, -0.05) is 24.0 Å². The minimum atomic E-state index is -1.11. The third-order valence-electron chi connectivity index (χ3n) is 4.82. The van der Waals surface area contributed by atoms with E-state index >= 15 is 0 Å². The molecule has 0 aliphatic carbocycles. The molecule has 0 spiro atoms. The third kappa shape index (κ3) is 3.80. The summed E-state index contributed by atoms with van der Waals surface area (Å²) in [5, 5.41) is 27.1. The van der Waals surface area contributed by atoms with E-state index in [1.54, 1.807) is 17.9 Å². The molecule has 4 N–H and O–H groups in total. The van der Waals surface area contributed by atoms with Crippen LogP contribution in [0.15, 0.2) is 12.7 Å². The minimum Gasteiger partial charge on any atom is -0.387 e. The summed E-state index contributed by atoms with van der Waals surface area (Å²) in [6.07, 6.45) is 0.371.